The Kier molecular flexibility index (Phi) is 3.90. The molecule has 2 aromatic rings. The molecule has 2 rings (SSSR count). The maximum atomic E-state index is 12.0. The van der Waals surface area contributed by atoms with Crippen LogP contribution in [0.1, 0.15) is 20.7 Å². The van der Waals surface area contributed by atoms with Gasteiger partial charge in [0.15, 0.2) is 0 Å². The number of hydrogen-bond donors (Lipinski definition) is 2. The predicted molar refractivity (Wildman–Crippen MR) is 69.9 cm³/mol. The number of carbonyl (C=O) groups excluding carboxylic acids is 1. The lowest BCUT2D eigenvalue weighted by atomic mass is 10.2. The first kappa shape index (κ1) is 13.5. The number of rotatable bonds is 4. The summed E-state index contributed by atoms with van der Waals surface area (Å²) in [6.07, 6.45) is 4.07. The van der Waals surface area contributed by atoms with Crippen LogP contribution in [0.25, 0.3) is 0 Å². The maximum Gasteiger partial charge on any atom is 0.337 e. The van der Waals surface area contributed by atoms with Crippen molar-refractivity contribution in [2.75, 3.05) is 12.4 Å². The Morgan fingerprint density at radius 1 is 1.25 bits per heavy atom. The van der Waals surface area contributed by atoms with E-state index in [0.717, 1.165) is 0 Å². The molecular weight excluding hydrogens is 262 g/mol. The van der Waals surface area contributed by atoms with Crippen molar-refractivity contribution in [1.29, 1.82) is 0 Å². The molecule has 2 N–H and O–H groups in total. The number of amides is 1. The standard InChI is InChI=1S/C13H11N3O4/c1-20-10-7-14-5-4-9(10)12(17)16-11-3-2-8(6-15-11)13(18)19/h2-7H,1H3,(H,18,19)(H,15,16,17). The zero-order chi connectivity index (χ0) is 14.5. The molecule has 0 saturated heterocycles. The Labute approximate surface area is 114 Å². The van der Waals surface area contributed by atoms with Crippen LogP contribution in [-0.4, -0.2) is 34.1 Å². The highest BCUT2D eigenvalue weighted by Crippen LogP contribution is 2.17. The average molecular weight is 273 g/mol. The van der Waals surface area contributed by atoms with Crippen molar-refractivity contribution in [3.63, 3.8) is 0 Å². The minimum atomic E-state index is -1.08. The van der Waals surface area contributed by atoms with Crippen molar-refractivity contribution in [3.05, 3.63) is 47.9 Å². The third kappa shape index (κ3) is 2.89. The number of aromatic nitrogens is 2. The minimum absolute atomic E-state index is 0.0458. The normalized spacial score (nSPS) is 9.85. The first-order chi connectivity index (χ1) is 9.61. The highest BCUT2D eigenvalue weighted by atomic mass is 16.5. The number of carbonyl (C=O) groups is 2. The van der Waals surface area contributed by atoms with E-state index in [1.165, 1.54) is 43.9 Å². The van der Waals surface area contributed by atoms with E-state index >= 15 is 0 Å². The van der Waals surface area contributed by atoms with Gasteiger partial charge in [-0.2, -0.15) is 0 Å². The summed E-state index contributed by atoms with van der Waals surface area (Å²) in [7, 11) is 1.44. The fourth-order valence-electron chi connectivity index (χ4n) is 1.51. The second-order valence-corrected chi connectivity index (χ2v) is 3.77. The van der Waals surface area contributed by atoms with Crippen LogP contribution in [0.3, 0.4) is 0 Å². The van der Waals surface area contributed by atoms with Crippen LogP contribution < -0.4 is 10.1 Å². The Hall–Kier alpha value is -2.96. The summed E-state index contributed by atoms with van der Waals surface area (Å²) in [6, 6.07) is 4.28. The van der Waals surface area contributed by atoms with Gasteiger partial charge in [-0.15, -0.1) is 0 Å². The Morgan fingerprint density at radius 3 is 2.65 bits per heavy atom. The molecule has 7 heteroatoms. The van der Waals surface area contributed by atoms with Gasteiger partial charge in [-0.25, -0.2) is 9.78 Å². The molecule has 7 nitrogen and oxygen atoms in total. The summed E-state index contributed by atoms with van der Waals surface area (Å²) in [6.45, 7) is 0. The maximum absolute atomic E-state index is 12.0. The van der Waals surface area contributed by atoms with Gasteiger partial charge < -0.3 is 15.2 Å². The number of methoxy groups -OCH3 is 1. The number of carboxylic acids is 1. The summed E-state index contributed by atoms with van der Waals surface area (Å²) in [5.41, 5.74) is 0.358. The van der Waals surface area contributed by atoms with Crippen LogP contribution in [0.5, 0.6) is 5.75 Å². The quantitative estimate of drug-likeness (QED) is 0.873. The van der Waals surface area contributed by atoms with E-state index < -0.39 is 11.9 Å². The van der Waals surface area contributed by atoms with E-state index in [-0.39, 0.29) is 11.4 Å². The Morgan fingerprint density at radius 2 is 2.05 bits per heavy atom. The largest absolute Gasteiger partial charge is 0.494 e. The van der Waals surface area contributed by atoms with E-state index in [0.29, 0.717) is 11.3 Å². The van der Waals surface area contributed by atoms with Gasteiger partial charge in [-0.3, -0.25) is 9.78 Å². The highest BCUT2D eigenvalue weighted by Gasteiger charge is 2.13. The molecular formula is C13H11N3O4. The molecule has 0 spiro atoms. The van der Waals surface area contributed by atoms with Gasteiger partial charge in [0, 0.05) is 12.4 Å². The summed E-state index contributed by atoms with van der Waals surface area (Å²) in [5.74, 6) is -0.906. The van der Waals surface area contributed by atoms with Crippen molar-refractivity contribution >= 4 is 17.7 Å². The first-order valence-electron chi connectivity index (χ1n) is 5.60. The lowest BCUT2D eigenvalue weighted by molar-refractivity contribution is 0.0696. The molecule has 0 unspecified atom stereocenters. The summed E-state index contributed by atoms with van der Waals surface area (Å²) in [4.78, 5) is 30.4. The number of carboxylic acid groups (broad SMARTS) is 1. The zero-order valence-electron chi connectivity index (χ0n) is 10.5. The molecule has 102 valence electrons. The highest BCUT2D eigenvalue weighted by molar-refractivity contribution is 6.05. The molecule has 0 saturated carbocycles. The number of nitrogens with one attached hydrogen (secondary N) is 1. The molecule has 0 aromatic carbocycles. The van der Waals surface area contributed by atoms with E-state index in [2.05, 4.69) is 15.3 Å². The van der Waals surface area contributed by atoms with Crippen molar-refractivity contribution in [3.8, 4) is 5.75 Å². The molecule has 0 bridgehead atoms. The van der Waals surface area contributed by atoms with Crippen LogP contribution in [0, 0.1) is 0 Å². The predicted octanol–water partition coefficient (Wildman–Crippen LogP) is 1.44. The van der Waals surface area contributed by atoms with Crippen LogP contribution >= 0.6 is 0 Å². The molecule has 20 heavy (non-hydrogen) atoms. The SMILES string of the molecule is COc1cnccc1C(=O)Nc1ccc(C(=O)O)cn1. The topological polar surface area (TPSA) is 101 Å². The van der Waals surface area contributed by atoms with Crippen molar-refractivity contribution in [2.24, 2.45) is 0 Å². The number of ether oxygens (including phenoxy) is 1. The lowest BCUT2D eigenvalue weighted by Gasteiger charge is -2.08. The number of pyridine rings is 2. The lowest BCUT2D eigenvalue weighted by Crippen LogP contribution is -2.14. The molecule has 0 aliphatic heterocycles. The molecule has 2 aromatic heterocycles. The monoisotopic (exact) mass is 273 g/mol. The number of aromatic carboxylic acids is 1. The van der Waals surface area contributed by atoms with Gasteiger partial charge in [-0.1, -0.05) is 0 Å². The van der Waals surface area contributed by atoms with Crippen LogP contribution in [-0.2, 0) is 0 Å². The molecule has 2 heterocycles. The van der Waals surface area contributed by atoms with Crippen LogP contribution in [0.15, 0.2) is 36.8 Å². The second-order valence-electron chi connectivity index (χ2n) is 3.77. The molecule has 0 atom stereocenters. The third-order valence-electron chi connectivity index (χ3n) is 2.50. The number of anilines is 1. The summed E-state index contributed by atoms with van der Waals surface area (Å²) < 4.78 is 5.03. The zero-order valence-corrected chi connectivity index (χ0v) is 10.5. The summed E-state index contributed by atoms with van der Waals surface area (Å²) in [5, 5.41) is 11.3. The van der Waals surface area contributed by atoms with Gasteiger partial charge in [-0.05, 0) is 18.2 Å². The molecule has 0 fully saturated rings. The van der Waals surface area contributed by atoms with Gasteiger partial charge in [0.25, 0.3) is 5.91 Å². The smallest absolute Gasteiger partial charge is 0.337 e. The van der Waals surface area contributed by atoms with Gasteiger partial charge in [0.2, 0.25) is 0 Å². The number of hydrogen-bond acceptors (Lipinski definition) is 5. The Bertz CT molecular complexity index is 640. The van der Waals surface area contributed by atoms with Crippen LogP contribution in [0.2, 0.25) is 0 Å². The van der Waals surface area contributed by atoms with Crippen LogP contribution in [0.4, 0.5) is 5.82 Å². The molecule has 0 aliphatic carbocycles. The van der Waals surface area contributed by atoms with Gasteiger partial charge in [0.05, 0.1) is 24.4 Å². The van der Waals surface area contributed by atoms with E-state index in [1.807, 2.05) is 0 Å². The van der Waals surface area contributed by atoms with Crippen molar-refractivity contribution in [1.82, 2.24) is 9.97 Å². The Balaban J connectivity index is 2.17. The molecule has 0 aliphatic rings. The van der Waals surface area contributed by atoms with Crippen molar-refractivity contribution < 1.29 is 19.4 Å². The first-order valence-corrected chi connectivity index (χ1v) is 5.60. The van der Waals surface area contributed by atoms with Gasteiger partial charge >= 0.3 is 5.97 Å². The third-order valence-corrected chi connectivity index (χ3v) is 2.50. The fourth-order valence-corrected chi connectivity index (χ4v) is 1.51. The molecule has 0 radical (unpaired) electrons. The second kappa shape index (κ2) is 5.79. The minimum Gasteiger partial charge on any atom is -0.494 e. The van der Waals surface area contributed by atoms with Crippen molar-refractivity contribution in [2.45, 2.75) is 0 Å². The van der Waals surface area contributed by atoms with E-state index in [9.17, 15) is 9.59 Å². The van der Waals surface area contributed by atoms with Gasteiger partial charge in [0.1, 0.15) is 11.6 Å². The van der Waals surface area contributed by atoms with E-state index in [1.54, 1.807) is 0 Å². The summed E-state index contributed by atoms with van der Waals surface area (Å²) >= 11 is 0. The van der Waals surface area contributed by atoms with E-state index in [4.69, 9.17) is 9.84 Å². The number of nitrogens with zero attached hydrogens (tertiary/aromatic N) is 2. The average Bonchev–Trinajstić information content (AvgIpc) is 2.47. The molecule has 1 amide bonds. The fraction of sp³-hybridized carbons (Fsp3) is 0.0769.